The summed E-state index contributed by atoms with van der Waals surface area (Å²) in [5.74, 6) is 5.84. The molecule has 7 heteroatoms. The average Bonchev–Trinajstić information content (AvgIpc) is 2.88. The lowest BCUT2D eigenvalue weighted by molar-refractivity contribution is -0.127. The standard InChI is InChI=1S/C26H35N5O2/c1-20-17-22(30-12-14-31(15-13-30)26(32)21-7-3-2-4-8-21)10-11-24(20)25(29-27)19-28-18-23-9-5-6-16-33-23/h3,7-8,10-11,17,19,23H,2,4-6,9,12-16,18,27H2,1H3/b28-19?,29-25+. The Labute approximate surface area is 196 Å². The predicted octanol–water partition coefficient (Wildman–Crippen LogP) is 3.22. The van der Waals surface area contributed by atoms with E-state index >= 15 is 0 Å². The molecule has 176 valence electrons. The summed E-state index contributed by atoms with van der Waals surface area (Å²) >= 11 is 0. The van der Waals surface area contributed by atoms with E-state index in [2.05, 4.69) is 52.3 Å². The maximum atomic E-state index is 12.7. The molecular formula is C26H35N5O2. The number of nitrogens with zero attached hydrogens (tertiary/aromatic N) is 4. The fourth-order valence-electron chi connectivity index (χ4n) is 4.63. The summed E-state index contributed by atoms with van der Waals surface area (Å²) in [5.41, 5.74) is 4.76. The van der Waals surface area contributed by atoms with Crippen molar-refractivity contribution in [1.82, 2.24) is 4.90 Å². The number of carbonyl (C=O) groups is 1. The Morgan fingerprint density at radius 2 is 2.06 bits per heavy atom. The molecule has 0 saturated carbocycles. The number of hydrogen-bond donors (Lipinski definition) is 1. The molecule has 1 amide bonds. The molecule has 4 rings (SSSR count). The first kappa shape index (κ1) is 23.2. The smallest absolute Gasteiger partial charge is 0.253 e. The van der Waals surface area contributed by atoms with Crippen LogP contribution in [0.4, 0.5) is 5.69 Å². The third-order valence-corrected chi connectivity index (χ3v) is 6.60. The van der Waals surface area contributed by atoms with Gasteiger partial charge in [0.2, 0.25) is 0 Å². The van der Waals surface area contributed by atoms with E-state index in [1.807, 2.05) is 11.0 Å². The van der Waals surface area contributed by atoms with Gasteiger partial charge in [-0.25, -0.2) is 0 Å². The van der Waals surface area contributed by atoms with Gasteiger partial charge >= 0.3 is 0 Å². The SMILES string of the molecule is Cc1cc(N2CCN(C(=O)C3=CCCC=C3)CC2)ccc1/C(C=NCC1CCCCO1)=N/N. The van der Waals surface area contributed by atoms with Crippen molar-refractivity contribution in [3.05, 3.63) is 53.1 Å². The van der Waals surface area contributed by atoms with Crippen molar-refractivity contribution in [3.8, 4) is 0 Å². The van der Waals surface area contributed by atoms with Crippen molar-refractivity contribution >= 4 is 23.5 Å². The van der Waals surface area contributed by atoms with E-state index in [0.717, 1.165) is 80.9 Å². The number of amides is 1. The van der Waals surface area contributed by atoms with Crippen LogP contribution < -0.4 is 10.7 Å². The van der Waals surface area contributed by atoms with Crippen molar-refractivity contribution in [3.63, 3.8) is 0 Å². The highest BCUT2D eigenvalue weighted by molar-refractivity contribution is 6.38. The number of benzene rings is 1. The minimum Gasteiger partial charge on any atom is -0.376 e. The molecule has 1 atom stereocenters. The number of anilines is 1. The van der Waals surface area contributed by atoms with E-state index in [9.17, 15) is 4.79 Å². The summed E-state index contributed by atoms with van der Waals surface area (Å²) < 4.78 is 5.74. The number of piperazine rings is 1. The molecule has 33 heavy (non-hydrogen) atoms. The number of allylic oxidation sites excluding steroid dienone is 2. The van der Waals surface area contributed by atoms with Crippen LogP contribution in [0.25, 0.3) is 0 Å². The number of nitrogens with two attached hydrogens (primary N) is 1. The van der Waals surface area contributed by atoms with Gasteiger partial charge in [-0.1, -0.05) is 24.3 Å². The summed E-state index contributed by atoms with van der Waals surface area (Å²) in [6, 6.07) is 6.34. The van der Waals surface area contributed by atoms with Crippen molar-refractivity contribution in [1.29, 1.82) is 0 Å². The van der Waals surface area contributed by atoms with Crippen LogP contribution in [0.3, 0.4) is 0 Å². The minimum atomic E-state index is 0.152. The van der Waals surface area contributed by atoms with Crippen molar-refractivity contribution < 1.29 is 9.53 Å². The van der Waals surface area contributed by atoms with Crippen LogP contribution in [0.5, 0.6) is 0 Å². The number of aryl methyl sites for hydroxylation is 1. The number of hydrazone groups is 1. The van der Waals surface area contributed by atoms with Gasteiger partial charge in [-0.2, -0.15) is 5.10 Å². The van der Waals surface area contributed by atoms with E-state index in [4.69, 9.17) is 10.6 Å². The molecule has 2 saturated heterocycles. The molecule has 1 aromatic carbocycles. The summed E-state index contributed by atoms with van der Waals surface area (Å²) in [6.45, 7) is 6.66. The molecule has 2 fully saturated rings. The van der Waals surface area contributed by atoms with Crippen molar-refractivity contribution in [2.24, 2.45) is 15.9 Å². The Morgan fingerprint density at radius 1 is 1.21 bits per heavy atom. The fourth-order valence-corrected chi connectivity index (χ4v) is 4.63. The zero-order chi connectivity index (χ0) is 23.0. The monoisotopic (exact) mass is 449 g/mol. The molecule has 1 aliphatic carbocycles. The number of rotatable bonds is 6. The summed E-state index contributed by atoms with van der Waals surface area (Å²) in [7, 11) is 0. The van der Waals surface area contributed by atoms with Crippen LogP contribution in [-0.4, -0.2) is 68.2 Å². The molecule has 0 radical (unpaired) electrons. The Morgan fingerprint density at radius 3 is 2.73 bits per heavy atom. The molecule has 0 aromatic heterocycles. The summed E-state index contributed by atoms with van der Waals surface area (Å²) in [6.07, 6.45) is 13.5. The van der Waals surface area contributed by atoms with Gasteiger partial charge in [-0.3, -0.25) is 9.79 Å². The van der Waals surface area contributed by atoms with E-state index in [-0.39, 0.29) is 12.0 Å². The lowest BCUT2D eigenvalue weighted by Gasteiger charge is -2.36. The zero-order valence-corrected chi connectivity index (χ0v) is 19.6. The predicted molar refractivity (Wildman–Crippen MR) is 134 cm³/mol. The lowest BCUT2D eigenvalue weighted by atomic mass is 10.0. The fraction of sp³-hybridized carbons (Fsp3) is 0.500. The molecule has 3 aliphatic rings. The second-order valence-corrected chi connectivity index (χ2v) is 8.91. The first-order valence-corrected chi connectivity index (χ1v) is 12.1. The van der Waals surface area contributed by atoms with Crippen molar-refractivity contribution in [2.45, 2.75) is 45.1 Å². The molecule has 2 N–H and O–H groups in total. The molecule has 1 aromatic rings. The Kier molecular flexibility index (Phi) is 7.94. The second kappa shape index (κ2) is 11.3. The molecule has 7 nitrogen and oxygen atoms in total. The van der Waals surface area contributed by atoms with Gasteiger partial charge in [0.1, 0.15) is 5.71 Å². The average molecular weight is 450 g/mol. The third kappa shape index (κ3) is 5.90. The first-order chi connectivity index (χ1) is 16.2. The highest BCUT2D eigenvalue weighted by atomic mass is 16.5. The maximum Gasteiger partial charge on any atom is 0.253 e. The maximum absolute atomic E-state index is 12.7. The van der Waals surface area contributed by atoms with Crippen molar-refractivity contribution in [2.75, 3.05) is 44.2 Å². The highest BCUT2D eigenvalue weighted by Gasteiger charge is 2.23. The van der Waals surface area contributed by atoms with Gasteiger partial charge in [0.15, 0.2) is 0 Å². The van der Waals surface area contributed by atoms with Crippen LogP contribution in [0.1, 0.15) is 43.2 Å². The topological polar surface area (TPSA) is 83.5 Å². The van der Waals surface area contributed by atoms with Gasteiger partial charge in [0, 0.05) is 55.8 Å². The Hall–Kier alpha value is -2.93. The lowest BCUT2D eigenvalue weighted by Crippen LogP contribution is -2.49. The first-order valence-electron chi connectivity index (χ1n) is 12.1. The third-order valence-electron chi connectivity index (χ3n) is 6.60. The van der Waals surface area contributed by atoms with Gasteiger partial charge < -0.3 is 20.4 Å². The number of aliphatic imine (C=N–C) groups is 1. The van der Waals surface area contributed by atoms with Crippen LogP contribution >= 0.6 is 0 Å². The van der Waals surface area contributed by atoms with Gasteiger partial charge in [-0.15, -0.1) is 0 Å². The number of carbonyl (C=O) groups excluding carboxylic acids is 1. The summed E-state index contributed by atoms with van der Waals surface area (Å²) in [4.78, 5) is 21.6. The number of hydrogen-bond acceptors (Lipinski definition) is 6. The zero-order valence-electron chi connectivity index (χ0n) is 19.6. The second-order valence-electron chi connectivity index (χ2n) is 8.91. The molecule has 2 heterocycles. The van der Waals surface area contributed by atoms with Crippen LogP contribution in [0.15, 0.2) is 52.1 Å². The van der Waals surface area contributed by atoms with Gasteiger partial charge in [0.25, 0.3) is 5.91 Å². The minimum absolute atomic E-state index is 0.152. The van der Waals surface area contributed by atoms with Gasteiger partial charge in [0.05, 0.1) is 12.6 Å². The van der Waals surface area contributed by atoms with Crippen LogP contribution in [0.2, 0.25) is 0 Å². The van der Waals surface area contributed by atoms with E-state index < -0.39 is 0 Å². The Bertz CT molecular complexity index is 951. The van der Waals surface area contributed by atoms with E-state index in [0.29, 0.717) is 12.3 Å². The molecule has 2 aliphatic heterocycles. The van der Waals surface area contributed by atoms with Crippen LogP contribution in [0, 0.1) is 6.92 Å². The Balaban J connectivity index is 1.34. The largest absolute Gasteiger partial charge is 0.376 e. The molecule has 1 unspecified atom stereocenters. The quantitative estimate of drug-likeness (QED) is 0.411. The van der Waals surface area contributed by atoms with Gasteiger partial charge in [-0.05, 0) is 56.7 Å². The van der Waals surface area contributed by atoms with E-state index in [1.165, 1.54) is 6.42 Å². The molecule has 0 spiro atoms. The normalized spacial score (nSPS) is 22.0. The van der Waals surface area contributed by atoms with E-state index in [1.54, 1.807) is 6.21 Å². The summed E-state index contributed by atoms with van der Waals surface area (Å²) in [5, 5.41) is 3.98. The molecular weight excluding hydrogens is 414 g/mol. The highest BCUT2D eigenvalue weighted by Crippen LogP contribution is 2.22. The van der Waals surface area contributed by atoms with Crippen LogP contribution in [-0.2, 0) is 9.53 Å². The number of ether oxygens (including phenoxy) is 1. The molecule has 0 bridgehead atoms.